The van der Waals surface area contributed by atoms with Gasteiger partial charge in [0.2, 0.25) is 0 Å². The molecule has 0 radical (unpaired) electrons. The molecule has 17 heavy (non-hydrogen) atoms. The topological polar surface area (TPSA) is 36.4 Å². The van der Waals surface area contributed by atoms with Gasteiger partial charge in [-0.1, -0.05) is 11.6 Å². The summed E-state index contributed by atoms with van der Waals surface area (Å²) in [5.74, 6) is -0.0348. The first-order valence-corrected chi connectivity index (χ1v) is 6.07. The van der Waals surface area contributed by atoms with Gasteiger partial charge < -0.3 is 9.80 Å². The molecule has 0 bridgehead atoms. The zero-order valence-corrected chi connectivity index (χ0v) is 10.8. The fourth-order valence-corrected chi connectivity index (χ4v) is 2.08. The number of carbonyl (C=O) groups excluding carboxylic acids is 1. The zero-order valence-electron chi connectivity index (χ0n) is 10.1. The highest BCUT2D eigenvalue weighted by molar-refractivity contribution is 6.30. The third-order valence-electron chi connectivity index (χ3n) is 3.19. The summed E-state index contributed by atoms with van der Waals surface area (Å²) in [6, 6.07) is 3.67. The van der Waals surface area contributed by atoms with Crippen LogP contribution < -0.4 is 0 Å². The summed E-state index contributed by atoms with van der Waals surface area (Å²) >= 11 is 5.86. The minimum absolute atomic E-state index is 0.0348. The van der Waals surface area contributed by atoms with Gasteiger partial charge in [0.15, 0.2) is 0 Å². The highest BCUT2D eigenvalue weighted by atomic mass is 35.5. The summed E-state index contributed by atoms with van der Waals surface area (Å²) in [6.45, 7) is 4.50. The van der Waals surface area contributed by atoms with E-state index in [0.29, 0.717) is 16.8 Å². The number of piperazine rings is 1. The monoisotopic (exact) mass is 253 g/mol. The van der Waals surface area contributed by atoms with E-state index in [4.69, 9.17) is 11.6 Å². The van der Waals surface area contributed by atoms with E-state index in [1.165, 1.54) is 0 Å². The normalized spacial score (nSPS) is 21.6. The van der Waals surface area contributed by atoms with E-state index in [-0.39, 0.29) is 5.91 Å². The Morgan fingerprint density at radius 3 is 2.94 bits per heavy atom. The van der Waals surface area contributed by atoms with Crippen molar-refractivity contribution in [1.82, 2.24) is 14.8 Å². The van der Waals surface area contributed by atoms with Crippen molar-refractivity contribution < 1.29 is 4.79 Å². The first-order chi connectivity index (χ1) is 8.08. The summed E-state index contributed by atoms with van der Waals surface area (Å²) in [6.07, 6.45) is 1.56. The van der Waals surface area contributed by atoms with Crippen LogP contribution in [-0.4, -0.2) is 53.4 Å². The van der Waals surface area contributed by atoms with Crippen molar-refractivity contribution in [2.24, 2.45) is 0 Å². The maximum absolute atomic E-state index is 12.2. The van der Waals surface area contributed by atoms with Crippen molar-refractivity contribution >= 4 is 17.5 Å². The van der Waals surface area contributed by atoms with Gasteiger partial charge in [0.05, 0.1) is 0 Å². The number of aromatic nitrogens is 1. The molecule has 0 aromatic carbocycles. The highest BCUT2D eigenvalue weighted by Crippen LogP contribution is 2.13. The zero-order chi connectivity index (χ0) is 12.4. The van der Waals surface area contributed by atoms with Gasteiger partial charge in [-0.05, 0) is 26.1 Å². The molecule has 1 aromatic heterocycles. The summed E-state index contributed by atoms with van der Waals surface area (Å²) in [5, 5.41) is 0.547. The molecule has 92 valence electrons. The van der Waals surface area contributed by atoms with Gasteiger partial charge in [-0.15, -0.1) is 0 Å². The molecular formula is C12H16ClN3O. The van der Waals surface area contributed by atoms with Gasteiger partial charge in [-0.25, -0.2) is 0 Å². The minimum atomic E-state index is -0.0348. The molecule has 1 aliphatic heterocycles. The third kappa shape index (κ3) is 2.76. The number of amides is 1. The second-order valence-corrected chi connectivity index (χ2v) is 4.88. The lowest BCUT2D eigenvalue weighted by Gasteiger charge is -2.37. The molecule has 0 saturated carbocycles. The third-order valence-corrected chi connectivity index (χ3v) is 3.42. The molecule has 1 aromatic rings. The van der Waals surface area contributed by atoms with Crippen molar-refractivity contribution in [3.05, 3.63) is 29.0 Å². The summed E-state index contributed by atoms with van der Waals surface area (Å²) in [4.78, 5) is 20.3. The van der Waals surface area contributed by atoms with Crippen LogP contribution in [0.2, 0.25) is 5.02 Å². The average Bonchev–Trinajstić information content (AvgIpc) is 2.32. The Labute approximate surface area is 106 Å². The quantitative estimate of drug-likeness (QED) is 0.761. The van der Waals surface area contributed by atoms with E-state index >= 15 is 0 Å². The molecule has 0 spiro atoms. The average molecular weight is 254 g/mol. The maximum atomic E-state index is 12.2. The molecule has 5 heteroatoms. The number of carbonyl (C=O) groups is 1. The largest absolute Gasteiger partial charge is 0.334 e. The van der Waals surface area contributed by atoms with Gasteiger partial charge in [-0.3, -0.25) is 9.78 Å². The minimum Gasteiger partial charge on any atom is -0.334 e. The van der Waals surface area contributed by atoms with Crippen molar-refractivity contribution in [3.63, 3.8) is 0 Å². The van der Waals surface area contributed by atoms with Crippen LogP contribution in [0.3, 0.4) is 0 Å². The van der Waals surface area contributed by atoms with Crippen LogP contribution in [0.1, 0.15) is 17.4 Å². The molecule has 0 N–H and O–H groups in total. The Morgan fingerprint density at radius 2 is 2.29 bits per heavy atom. The van der Waals surface area contributed by atoms with Crippen LogP contribution in [0.4, 0.5) is 0 Å². The molecule has 4 nitrogen and oxygen atoms in total. The Balaban J connectivity index is 2.10. The number of hydrogen-bond acceptors (Lipinski definition) is 3. The number of rotatable bonds is 1. The predicted molar refractivity (Wildman–Crippen MR) is 67.2 cm³/mol. The number of halogens is 1. The predicted octanol–water partition coefficient (Wildman–Crippen LogP) is 1.51. The Bertz CT molecular complexity index is 424. The van der Waals surface area contributed by atoms with E-state index in [0.717, 1.165) is 19.6 Å². The first kappa shape index (κ1) is 12.3. The van der Waals surface area contributed by atoms with Gasteiger partial charge in [0.25, 0.3) is 5.91 Å². The van der Waals surface area contributed by atoms with E-state index in [1.54, 1.807) is 18.3 Å². The molecule has 2 heterocycles. The van der Waals surface area contributed by atoms with Crippen LogP contribution in [0.5, 0.6) is 0 Å². The summed E-state index contributed by atoms with van der Waals surface area (Å²) in [7, 11) is 2.07. The van der Waals surface area contributed by atoms with Crippen LogP contribution in [0.15, 0.2) is 18.3 Å². The number of likely N-dealkylation sites (N-methyl/N-ethyl adjacent to an activating group) is 1. The molecule has 0 aliphatic carbocycles. The van der Waals surface area contributed by atoms with Crippen LogP contribution >= 0.6 is 11.6 Å². The molecule has 1 aliphatic rings. The molecule has 1 saturated heterocycles. The van der Waals surface area contributed by atoms with Crippen molar-refractivity contribution in [2.45, 2.75) is 13.0 Å². The first-order valence-electron chi connectivity index (χ1n) is 5.69. The van der Waals surface area contributed by atoms with Crippen LogP contribution in [0, 0.1) is 0 Å². The van der Waals surface area contributed by atoms with Crippen LogP contribution in [0.25, 0.3) is 0 Å². The van der Waals surface area contributed by atoms with Crippen LogP contribution in [-0.2, 0) is 0 Å². The second kappa shape index (κ2) is 5.02. The molecule has 1 atom stereocenters. The number of pyridine rings is 1. The Hall–Kier alpha value is -1.13. The Morgan fingerprint density at radius 1 is 1.53 bits per heavy atom. The standard InChI is InChI=1S/C12H16ClN3O/c1-9-8-16(6-5-15(9)2)12(17)11-7-10(13)3-4-14-11/h3-4,7,9H,5-6,8H2,1-2H3. The van der Waals surface area contributed by atoms with E-state index in [9.17, 15) is 4.79 Å². The molecule has 1 amide bonds. The molecular weight excluding hydrogens is 238 g/mol. The Kier molecular flexibility index (Phi) is 3.64. The SMILES string of the molecule is CC1CN(C(=O)c2cc(Cl)ccn2)CCN1C. The number of nitrogens with zero attached hydrogens (tertiary/aromatic N) is 3. The van der Waals surface area contributed by atoms with Crippen molar-refractivity contribution in [3.8, 4) is 0 Å². The number of hydrogen-bond donors (Lipinski definition) is 0. The fraction of sp³-hybridized carbons (Fsp3) is 0.500. The lowest BCUT2D eigenvalue weighted by atomic mass is 10.2. The summed E-state index contributed by atoms with van der Waals surface area (Å²) < 4.78 is 0. The smallest absolute Gasteiger partial charge is 0.272 e. The maximum Gasteiger partial charge on any atom is 0.272 e. The molecule has 2 rings (SSSR count). The molecule has 1 unspecified atom stereocenters. The van der Waals surface area contributed by atoms with Gasteiger partial charge in [0.1, 0.15) is 5.69 Å². The molecule has 1 fully saturated rings. The lowest BCUT2D eigenvalue weighted by Crippen LogP contribution is -2.52. The van der Waals surface area contributed by atoms with E-state index < -0.39 is 0 Å². The van der Waals surface area contributed by atoms with Crippen molar-refractivity contribution in [2.75, 3.05) is 26.7 Å². The van der Waals surface area contributed by atoms with E-state index in [1.807, 2.05) is 4.90 Å². The van der Waals surface area contributed by atoms with Gasteiger partial charge in [-0.2, -0.15) is 0 Å². The lowest BCUT2D eigenvalue weighted by molar-refractivity contribution is 0.0567. The summed E-state index contributed by atoms with van der Waals surface area (Å²) in [5.41, 5.74) is 0.425. The fourth-order valence-electron chi connectivity index (χ4n) is 1.92. The highest BCUT2D eigenvalue weighted by Gasteiger charge is 2.25. The van der Waals surface area contributed by atoms with Crippen molar-refractivity contribution in [1.29, 1.82) is 0 Å². The second-order valence-electron chi connectivity index (χ2n) is 4.44. The van der Waals surface area contributed by atoms with E-state index in [2.05, 4.69) is 23.9 Å². The van der Waals surface area contributed by atoms with Gasteiger partial charge in [0, 0.05) is 36.9 Å². The van der Waals surface area contributed by atoms with Gasteiger partial charge >= 0.3 is 0 Å².